The van der Waals surface area contributed by atoms with Crippen molar-refractivity contribution in [2.45, 2.75) is 32.3 Å². The van der Waals surface area contributed by atoms with Crippen molar-refractivity contribution in [1.82, 2.24) is 0 Å². The van der Waals surface area contributed by atoms with Crippen LogP contribution in [0.2, 0.25) is 5.02 Å². The molecule has 3 aromatic rings. The highest BCUT2D eigenvalue weighted by atomic mass is 35.5. The van der Waals surface area contributed by atoms with Crippen molar-refractivity contribution in [3.63, 3.8) is 0 Å². The van der Waals surface area contributed by atoms with Crippen molar-refractivity contribution in [3.05, 3.63) is 86.9 Å². The summed E-state index contributed by atoms with van der Waals surface area (Å²) in [4.78, 5) is 25.6. The van der Waals surface area contributed by atoms with Gasteiger partial charge in [-0.15, -0.1) is 0 Å². The monoisotopic (exact) mass is 575 g/mol. The number of aryl methyl sites for hydroxylation is 1. The molecule has 0 saturated heterocycles. The fraction of sp³-hybridized carbons (Fsp3) is 0.296. The van der Waals surface area contributed by atoms with Crippen molar-refractivity contribution < 1.29 is 27.6 Å². The smallest absolute Gasteiger partial charge is 0.411 e. The summed E-state index contributed by atoms with van der Waals surface area (Å²) in [5.74, 6) is -0.477. The molecule has 1 amide bonds. The summed E-state index contributed by atoms with van der Waals surface area (Å²) in [7, 11) is -3.67. The topological polar surface area (TPSA) is 128 Å². The second-order valence-electron chi connectivity index (χ2n) is 8.55. The van der Waals surface area contributed by atoms with Crippen LogP contribution in [0.1, 0.15) is 25.0 Å². The lowest BCUT2D eigenvalue weighted by molar-refractivity contribution is -0.385. The van der Waals surface area contributed by atoms with E-state index in [1.165, 1.54) is 42.5 Å². The lowest BCUT2D eigenvalue weighted by atomic mass is 10.1. The van der Waals surface area contributed by atoms with Gasteiger partial charge in [0.1, 0.15) is 13.2 Å². The fourth-order valence-electron chi connectivity index (χ4n) is 3.81. The number of ether oxygens (including phenoxy) is 2. The van der Waals surface area contributed by atoms with Crippen molar-refractivity contribution >= 4 is 44.6 Å². The predicted octanol–water partition coefficient (Wildman–Crippen LogP) is 6.00. The van der Waals surface area contributed by atoms with E-state index >= 15 is 0 Å². The summed E-state index contributed by atoms with van der Waals surface area (Å²) in [6, 6.07) is 15.5. The number of anilines is 2. The Balaban J connectivity index is 1.59. The molecule has 0 bridgehead atoms. The van der Waals surface area contributed by atoms with E-state index in [-0.39, 0.29) is 35.3 Å². The maximum absolute atomic E-state index is 12.5. The minimum absolute atomic E-state index is 0.0748. The lowest BCUT2D eigenvalue weighted by Gasteiger charge is -2.22. The quantitative estimate of drug-likeness (QED) is 0.205. The van der Waals surface area contributed by atoms with E-state index in [1.807, 2.05) is 19.1 Å². The maximum Gasteiger partial charge on any atom is 0.411 e. The fourth-order valence-corrected chi connectivity index (χ4v) is 5.02. The number of nitrogens with zero attached hydrogens (tertiary/aromatic N) is 2. The number of benzene rings is 3. The minimum atomic E-state index is -3.67. The van der Waals surface area contributed by atoms with Gasteiger partial charge in [0.15, 0.2) is 15.6 Å². The molecule has 0 fully saturated rings. The van der Waals surface area contributed by atoms with Gasteiger partial charge in [0.2, 0.25) is 0 Å². The van der Waals surface area contributed by atoms with E-state index in [9.17, 15) is 23.3 Å². The van der Waals surface area contributed by atoms with Gasteiger partial charge in [-0.25, -0.2) is 13.2 Å². The Morgan fingerprint density at radius 1 is 1.05 bits per heavy atom. The van der Waals surface area contributed by atoms with Crippen molar-refractivity contribution in [3.8, 4) is 5.75 Å². The van der Waals surface area contributed by atoms with E-state index in [0.717, 1.165) is 24.3 Å². The van der Waals surface area contributed by atoms with Gasteiger partial charge < -0.3 is 14.4 Å². The van der Waals surface area contributed by atoms with Crippen LogP contribution < -0.4 is 15.0 Å². The highest BCUT2D eigenvalue weighted by Gasteiger charge is 2.19. The average Bonchev–Trinajstić information content (AvgIpc) is 2.90. The molecule has 0 atom stereocenters. The number of nitro groups is 1. The van der Waals surface area contributed by atoms with E-state index in [0.29, 0.717) is 16.3 Å². The normalized spacial score (nSPS) is 11.1. The number of halogens is 1. The number of rotatable bonds is 12. The number of hydrogen-bond acceptors (Lipinski definition) is 8. The zero-order chi connectivity index (χ0) is 28.6. The number of carbonyl (C=O) groups is 1. The highest BCUT2D eigenvalue weighted by Crippen LogP contribution is 2.29. The summed E-state index contributed by atoms with van der Waals surface area (Å²) in [5, 5.41) is 14.7. The zero-order valence-electron chi connectivity index (χ0n) is 21.8. The van der Waals surface area contributed by atoms with Crippen LogP contribution in [0.3, 0.4) is 0 Å². The molecule has 0 aliphatic carbocycles. The molecule has 0 spiro atoms. The predicted molar refractivity (Wildman–Crippen MR) is 151 cm³/mol. The van der Waals surface area contributed by atoms with Crippen molar-refractivity contribution in [2.24, 2.45) is 0 Å². The third-order valence-electron chi connectivity index (χ3n) is 5.95. The Labute approximate surface area is 232 Å². The van der Waals surface area contributed by atoms with Gasteiger partial charge in [0.25, 0.3) is 0 Å². The number of hydrogen-bond donors (Lipinski definition) is 1. The molecule has 0 saturated carbocycles. The first-order valence-electron chi connectivity index (χ1n) is 12.2. The highest BCUT2D eigenvalue weighted by molar-refractivity contribution is 7.91. The van der Waals surface area contributed by atoms with Gasteiger partial charge in [-0.05, 0) is 80.4 Å². The second-order valence-corrected chi connectivity index (χ2v) is 11.1. The first kappa shape index (κ1) is 29.7. The molecule has 3 aromatic carbocycles. The Kier molecular flexibility index (Phi) is 10.1. The van der Waals surface area contributed by atoms with Gasteiger partial charge in [-0.2, -0.15) is 0 Å². The van der Waals surface area contributed by atoms with Crippen LogP contribution in [-0.4, -0.2) is 44.9 Å². The number of sulfone groups is 1. The largest absolute Gasteiger partial charge is 0.486 e. The zero-order valence-corrected chi connectivity index (χ0v) is 23.4. The van der Waals surface area contributed by atoms with Gasteiger partial charge in [-0.1, -0.05) is 17.7 Å². The summed E-state index contributed by atoms with van der Waals surface area (Å²) < 4.78 is 35.6. The first-order valence-corrected chi connectivity index (χ1v) is 14.2. The summed E-state index contributed by atoms with van der Waals surface area (Å²) >= 11 is 5.80. The van der Waals surface area contributed by atoms with Gasteiger partial charge in [0, 0.05) is 35.6 Å². The van der Waals surface area contributed by atoms with Crippen molar-refractivity contribution in [2.75, 3.05) is 35.7 Å². The van der Waals surface area contributed by atoms with Gasteiger partial charge in [-0.3, -0.25) is 15.4 Å². The van der Waals surface area contributed by atoms with Crippen LogP contribution in [0.15, 0.2) is 65.6 Å². The molecule has 10 nitrogen and oxygen atoms in total. The van der Waals surface area contributed by atoms with Crippen LogP contribution in [0.25, 0.3) is 0 Å². The third kappa shape index (κ3) is 8.08. The molecule has 0 radical (unpaired) electrons. The van der Waals surface area contributed by atoms with E-state index in [4.69, 9.17) is 21.1 Å². The third-order valence-corrected chi connectivity index (χ3v) is 7.89. The van der Waals surface area contributed by atoms with Gasteiger partial charge >= 0.3 is 11.8 Å². The Hall–Kier alpha value is -3.83. The second kappa shape index (κ2) is 13.3. The molecule has 0 aliphatic heterocycles. The molecule has 12 heteroatoms. The number of carbonyl (C=O) groups excluding carboxylic acids is 1. The summed E-state index contributed by atoms with van der Waals surface area (Å²) in [6.07, 6.45) is -0.705. The van der Waals surface area contributed by atoms with Crippen LogP contribution in [0, 0.1) is 17.0 Å². The van der Waals surface area contributed by atoms with Crippen molar-refractivity contribution in [1.29, 1.82) is 0 Å². The first-order chi connectivity index (χ1) is 18.5. The minimum Gasteiger partial charge on any atom is -0.486 e. The molecule has 0 aromatic heterocycles. The summed E-state index contributed by atoms with van der Waals surface area (Å²) in [5.41, 5.74) is 2.51. The number of amides is 1. The molecule has 0 aliphatic rings. The SMILES string of the molecule is CCN(CC)c1ccc(NC(=O)OCc2ccc(OCCS(=O)(=O)c3ccc(Cl)cc3)c([N+](=O)[O-])c2)c(C)c1. The molecule has 1 N–H and O–H groups in total. The molecular weight excluding hydrogens is 546 g/mol. The summed E-state index contributed by atoms with van der Waals surface area (Å²) in [6.45, 7) is 7.24. The molecule has 0 unspecified atom stereocenters. The lowest BCUT2D eigenvalue weighted by Crippen LogP contribution is -2.22. The van der Waals surface area contributed by atoms with Gasteiger partial charge in [0.05, 0.1) is 15.6 Å². The van der Waals surface area contributed by atoms with E-state index in [2.05, 4.69) is 24.1 Å². The molecule has 39 heavy (non-hydrogen) atoms. The van der Waals surface area contributed by atoms with Crippen LogP contribution in [0.5, 0.6) is 5.75 Å². The Bertz CT molecular complexity index is 1430. The molecular formula is C27H30ClN3O7S. The van der Waals surface area contributed by atoms with E-state index < -0.39 is 20.9 Å². The van der Waals surface area contributed by atoms with Crippen LogP contribution >= 0.6 is 11.6 Å². The Morgan fingerprint density at radius 3 is 2.36 bits per heavy atom. The van der Waals surface area contributed by atoms with Crippen LogP contribution in [-0.2, 0) is 21.2 Å². The molecule has 3 rings (SSSR count). The van der Waals surface area contributed by atoms with Crippen LogP contribution in [0.4, 0.5) is 21.9 Å². The van der Waals surface area contributed by atoms with E-state index in [1.54, 1.807) is 6.07 Å². The average molecular weight is 576 g/mol. The maximum atomic E-state index is 12.5. The molecule has 0 heterocycles. The number of nitro benzene ring substituents is 1. The molecule has 208 valence electrons. The number of nitrogens with one attached hydrogen (secondary N) is 1. The Morgan fingerprint density at radius 2 is 1.74 bits per heavy atom. The standard InChI is InChI=1S/C27H30ClN3O7S/c1-4-30(5-2)22-9-12-24(19(3)16-22)29-27(32)38-18-20-6-13-26(25(17-20)31(33)34)37-14-15-39(35,36)23-10-7-21(28)8-11-23/h6-13,16-17H,4-5,14-15,18H2,1-3H3,(H,29,32).